The van der Waals surface area contributed by atoms with Crippen LogP contribution in [0.25, 0.3) is 22.4 Å². The highest BCUT2D eigenvalue weighted by molar-refractivity contribution is 5.95. The molecule has 2 aromatic carbocycles. The molecule has 0 saturated heterocycles. The van der Waals surface area contributed by atoms with E-state index in [-0.39, 0.29) is 19.2 Å². The predicted octanol–water partition coefficient (Wildman–Crippen LogP) is 2.23. The zero-order valence-corrected chi connectivity index (χ0v) is 15.5. The van der Waals surface area contributed by atoms with E-state index in [1.165, 1.54) is 0 Å². The number of nitrogens with one attached hydrogen (secondary N) is 1. The average molecular weight is 392 g/mol. The third-order valence-electron chi connectivity index (χ3n) is 4.60. The lowest BCUT2D eigenvalue weighted by Gasteiger charge is -2.10. The summed E-state index contributed by atoms with van der Waals surface area (Å²) in [6, 6.07) is 16.7. The lowest BCUT2D eigenvalue weighted by molar-refractivity contribution is 0.0802. The lowest BCUT2D eigenvalue weighted by atomic mass is 10.0. The monoisotopic (exact) mass is 392 g/mol. The van der Waals surface area contributed by atoms with E-state index in [1.807, 2.05) is 36.4 Å². The minimum Gasteiger partial charge on any atom is -0.454 e. The van der Waals surface area contributed by atoms with Gasteiger partial charge in [-0.2, -0.15) is 0 Å². The highest BCUT2D eigenvalue weighted by Gasteiger charge is 2.15. The number of carbonyl (C=O) groups excluding carboxylic acids is 1. The van der Waals surface area contributed by atoms with Crippen molar-refractivity contribution in [2.24, 2.45) is 0 Å². The van der Waals surface area contributed by atoms with Gasteiger partial charge in [0.05, 0.1) is 18.4 Å². The van der Waals surface area contributed by atoms with Crippen LogP contribution < -0.4 is 14.8 Å². The Morgan fingerprint density at radius 2 is 1.86 bits per heavy atom. The molecule has 1 unspecified atom stereocenters. The number of nitrogens with zero attached hydrogens (tertiary/aromatic N) is 1. The molecule has 0 radical (unpaired) electrons. The molecule has 0 saturated carbocycles. The number of rotatable bonds is 6. The maximum Gasteiger partial charge on any atom is 0.251 e. The Labute approximate surface area is 167 Å². The van der Waals surface area contributed by atoms with Gasteiger partial charge in [0.1, 0.15) is 0 Å². The number of ether oxygens (including phenoxy) is 2. The molecular formula is C22H20N2O5. The number of hydrogen-bond donors (Lipinski definition) is 3. The van der Waals surface area contributed by atoms with Crippen LogP contribution in [0.3, 0.4) is 0 Å². The van der Waals surface area contributed by atoms with Gasteiger partial charge in [-0.25, -0.2) is 0 Å². The number of amides is 1. The van der Waals surface area contributed by atoms with E-state index in [2.05, 4.69) is 10.3 Å². The van der Waals surface area contributed by atoms with Gasteiger partial charge in [0.25, 0.3) is 5.91 Å². The normalized spacial score (nSPS) is 13.2. The first-order chi connectivity index (χ1) is 14.1. The van der Waals surface area contributed by atoms with Crippen molar-refractivity contribution in [3.8, 4) is 33.9 Å². The highest BCUT2D eigenvalue weighted by atomic mass is 16.7. The molecule has 3 aromatic rings. The zero-order chi connectivity index (χ0) is 20.2. The highest BCUT2D eigenvalue weighted by Crippen LogP contribution is 2.36. The number of carbonyl (C=O) groups is 1. The van der Waals surface area contributed by atoms with Crippen LogP contribution in [0.5, 0.6) is 11.5 Å². The number of aliphatic hydroxyl groups excluding tert-OH is 2. The first-order valence-electron chi connectivity index (χ1n) is 9.17. The van der Waals surface area contributed by atoms with Gasteiger partial charge >= 0.3 is 0 Å². The van der Waals surface area contributed by atoms with E-state index in [0.717, 1.165) is 28.1 Å². The van der Waals surface area contributed by atoms with E-state index in [9.17, 15) is 9.90 Å². The molecule has 2 heterocycles. The number of hydrogen-bond acceptors (Lipinski definition) is 6. The van der Waals surface area contributed by atoms with E-state index in [4.69, 9.17) is 14.6 Å². The molecule has 0 fully saturated rings. The summed E-state index contributed by atoms with van der Waals surface area (Å²) < 4.78 is 10.8. The Bertz CT molecular complexity index is 1040. The Hall–Kier alpha value is -3.42. The Morgan fingerprint density at radius 1 is 1.03 bits per heavy atom. The summed E-state index contributed by atoms with van der Waals surface area (Å²) in [5, 5.41) is 20.9. The molecule has 7 heteroatoms. The van der Waals surface area contributed by atoms with Crippen LogP contribution in [0.1, 0.15) is 10.4 Å². The molecule has 1 aliphatic rings. The van der Waals surface area contributed by atoms with E-state index in [0.29, 0.717) is 11.3 Å². The van der Waals surface area contributed by atoms with Crippen LogP contribution >= 0.6 is 0 Å². The Kier molecular flexibility index (Phi) is 5.41. The molecule has 1 aliphatic heterocycles. The van der Waals surface area contributed by atoms with E-state index >= 15 is 0 Å². The van der Waals surface area contributed by atoms with Crippen molar-refractivity contribution < 1.29 is 24.5 Å². The largest absolute Gasteiger partial charge is 0.454 e. The summed E-state index contributed by atoms with van der Waals surface area (Å²) >= 11 is 0. The topological polar surface area (TPSA) is 101 Å². The van der Waals surface area contributed by atoms with Crippen LogP contribution in [0.4, 0.5) is 0 Å². The fourth-order valence-corrected chi connectivity index (χ4v) is 3.04. The SMILES string of the molecule is O=C(NCC(O)CO)c1cccc(-c2ccnc(-c3ccc4c(c3)OCO4)c2)c1. The molecule has 29 heavy (non-hydrogen) atoms. The number of pyridine rings is 1. The standard InChI is InChI=1S/C22H20N2O5/c25-12-18(26)11-24-22(27)17-3-1-2-14(8-17)15-6-7-23-19(9-15)16-4-5-20-21(10-16)29-13-28-20/h1-10,18,25-26H,11-13H2,(H,24,27). The molecule has 0 aliphatic carbocycles. The molecule has 4 rings (SSSR count). The summed E-state index contributed by atoms with van der Waals surface area (Å²) in [4.78, 5) is 16.8. The third-order valence-corrected chi connectivity index (χ3v) is 4.60. The summed E-state index contributed by atoms with van der Waals surface area (Å²) in [6.45, 7) is -0.195. The molecule has 1 amide bonds. The van der Waals surface area contributed by atoms with E-state index in [1.54, 1.807) is 24.4 Å². The summed E-state index contributed by atoms with van der Waals surface area (Å²) in [6.07, 6.45) is 0.742. The first-order valence-corrected chi connectivity index (χ1v) is 9.17. The summed E-state index contributed by atoms with van der Waals surface area (Å²) in [5.74, 6) is 1.10. The maximum absolute atomic E-state index is 12.3. The molecular weight excluding hydrogens is 372 g/mol. The molecule has 148 valence electrons. The van der Waals surface area contributed by atoms with Gasteiger partial charge in [0, 0.05) is 23.9 Å². The molecule has 0 spiro atoms. The maximum atomic E-state index is 12.3. The number of aliphatic hydroxyl groups is 2. The van der Waals surface area contributed by atoms with Gasteiger partial charge in [-0.15, -0.1) is 0 Å². The van der Waals surface area contributed by atoms with Gasteiger partial charge in [-0.1, -0.05) is 12.1 Å². The minimum absolute atomic E-state index is 0.0108. The predicted molar refractivity (Wildman–Crippen MR) is 107 cm³/mol. The van der Waals surface area contributed by atoms with Crippen molar-refractivity contribution in [2.45, 2.75) is 6.10 Å². The molecule has 0 bridgehead atoms. The van der Waals surface area contributed by atoms with Crippen molar-refractivity contribution in [1.29, 1.82) is 0 Å². The van der Waals surface area contributed by atoms with Gasteiger partial charge in [-0.05, 0) is 53.6 Å². The van der Waals surface area contributed by atoms with Crippen molar-refractivity contribution in [3.05, 3.63) is 66.4 Å². The summed E-state index contributed by atoms with van der Waals surface area (Å²) in [5.41, 5.74) is 3.93. The lowest BCUT2D eigenvalue weighted by Crippen LogP contribution is -2.33. The first kappa shape index (κ1) is 18.9. The quantitative estimate of drug-likeness (QED) is 0.595. The van der Waals surface area contributed by atoms with E-state index < -0.39 is 12.7 Å². The number of aromatic nitrogens is 1. The van der Waals surface area contributed by atoms with Gasteiger partial charge in [0.15, 0.2) is 11.5 Å². The molecule has 1 atom stereocenters. The molecule has 3 N–H and O–H groups in total. The van der Waals surface area contributed by atoms with Crippen LogP contribution in [0.15, 0.2) is 60.8 Å². The molecule has 7 nitrogen and oxygen atoms in total. The van der Waals surface area contributed by atoms with Gasteiger partial charge < -0.3 is 25.0 Å². The van der Waals surface area contributed by atoms with Gasteiger partial charge in [-0.3, -0.25) is 9.78 Å². The summed E-state index contributed by atoms with van der Waals surface area (Å²) in [7, 11) is 0. The fraction of sp³-hybridized carbons (Fsp3) is 0.182. The second-order valence-corrected chi connectivity index (χ2v) is 6.63. The Balaban J connectivity index is 1.58. The molecule has 1 aromatic heterocycles. The fourth-order valence-electron chi connectivity index (χ4n) is 3.04. The van der Waals surface area contributed by atoms with Crippen molar-refractivity contribution >= 4 is 5.91 Å². The third kappa shape index (κ3) is 4.21. The van der Waals surface area contributed by atoms with Crippen LogP contribution in [-0.2, 0) is 0 Å². The second-order valence-electron chi connectivity index (χ2n) is 6.63. The van der Waals surface area contributed by atoms with Crippen molar-refractivity contribution in [2.75, 3.05) is 19.9 Å². The average Bonchev–Trinajstić information content (AvgIpc) is 3.25. The van der Waals surface area contributed by atoms with Gasteiger partial charge in [0.2, 0.25) is 6.79 Å². The van der Waals surface area contributed by atoms with Crippen molar-refractivity contribution in [1.82, 2.24) is 10.3 Å². The minimum atomic E-state index is -0.980. The Morgan fingerprint density at radius 3 is 2.72 bits per heavy atom. The smallest absolute Gasteiger partial charge is 0.251 e. The number of benzene rings is 2. The van der Waals surface area contributed by atoms with Crippen LogP contribution in [-0.4, -0.2) is 47.2 Å². The van der Waals surface area contributed by atoms with Crippen molar-refractivity contribution in [3.63, 3.8) is 0 Å². The van der Waals surface area contributed by atoms with Crippen LogP contribution in [0, 0.1) is 0 Å². The zero-order valence-electron chi connectivity index (χ0n) is 15.5. The van der Waals surface area contributed by atoms with Crippen LogP contribution in [0.2, 0.25) is 0 Å². The second kappa shape index (κ2) is 8.30. The number of fused-ring (bicyclic) bond motifs is 1.